The largest absolute Gasteiger partial charge is 0.465 e. The van der Waals surface area contributed by atoms with Crippen LogP contribution in [0.15, 0.2) is 24.5 Å². The number of nitrogens with one attached hydrogen (secondary N) is 2. The molecule has 1 aliphatic rings. The number of carbonyl (C=O) groups is 2. The summed E-state index contributed by atoms with van der Waals surface area (Å²) >= 11 is 6.21. The molecule has 3 rings (SSSR count). The maximum absolute atomic E-state index is 11.8. The molecule has 1 aromatic heterocycles. The smallest absolute Gasteiger partial charge is 0.407 e. The van der Waals surface area contributed by atoms with E-state index in [0.29, 0.717) is 23.9 Å². The van der Waals surface area contributed by atoms with E-state index >= 15 is 0 Å². The molecule has 144 valence electrons. The highest BCUT2D eigenvalue weighted by Crippen LogP contribution is 2.34. The summed E-state index contributed by atoms with van der Waals surface area (Å²) in [6.07, 6.45) is 4.02. The number of imidazole rings is 1. The van der Waals surface area contributed by atoms with Gasteiger partial charge in [0.25, 0.3) is 5.91 Å². The molecule has 2 aromatic rings. The number of primary amides is 1. The monoisotopic (exact) mass is 391 g/mol. The van der Waals surface area contributed by atoms with Crippen molar-refractivity contribution in [1.82, 2.24) is 14.9 Å². The van der Waals surface area contributed by atoms with Crippen LogP contribution in [-0.4, -0.2) is 38.5 Å². The summed E-state index contributed by atoms with van der Waals surface area (Å²) < 4.78 is 0. The van der Waals surface area contributed by atoms with Crippen molar-refractivity contribution in [2.24, 2.45) is 5.73 Å². The maximum Gasteiger partial charge on any atom is 0.407 e. The van der Waals surface area contributed by atoms with Crippen LogP contribution in [0, 0.1) is 0 Å². The molecule has 2 amide bonds. The molecule has 1 unspecified atom stereocenters. The minimum atomic E-state index is -0.927. The van der Waals surface area contributed by atoms with Crippen LogP contribution in [0.1, 0.15) is 53.3 Å². The van der Waals surface area contributed by atoms with Crippen LogP contribution < -0.4 is 11.1 Å². The number of aromatic nitrogens is 2. The van der Waals surface area contributed by atoms with Gasteiger partial charge in [0.2, 0.25) is 0 Å². The maximum atomic E-state index is 11.8. The van der Waals surface area contributed by atoms with Gasteiger partial charge in [-0.2, -0.15) is 0 Å². The Morgan fingerprint density at radius 3 is 2.93 bits per heavy atom. The zero-order valence-electron chi connectivity index (χ0n) is 14.7. The number of nitrogens with zero attached hydrogens (tertiary/aromatic N) is 2. The molecular weight excluding hydrogens is 370 g/mol. The van der Waals surface area contributed by atoms with Gasteiger partial charge in [0.1, 0.15) is 5.69 Å². The molecule has 0 bridgehead atoms. The molecule has 1 aliphatic heterocycles. The summed E-state index contributed by atoms with van der Waals surface area (Å²) in [5.41, 5.74) is 7.29. The predicted octanol–water partition coefficient (Wildman–Crippen LogP) is 3.37. The molecule has 0 aliphatic carbocycles. The second kappa shape index (κ2) is 8.30. The molecule has 0 spiro atoms. The highest BCUT2D eigenvalue weighted by molar-refractivity contribution is 6.30. The second-order valence-corrected chi connectivity index (χ2v) is 6.96. The summed E-state index contributed by atoms with van der Waals surface area (Å²) in [7, 11) is 0. The van der Waals surface area contributed by atoms with Crippen molar-refractivity contribution in [3.8, 4) is 0 Å². The summed E-state index contributed by atoms with van der Waals surface area (Å²) in [4.78, 5) is 31.5. The fourth-order valence-corrected chi connectivity index (χ4v) is 3.67. The topological polar surface area (TPSA) is 124 Å². The number of H-pyrrole nitrogens is 1. The first-order valence-electron chi connectivity index (χ1n) is 8.82. The summed E-state index contributed by atoms with van der Waals surface area (Å²) in [5.74, 6) is -0.244. The van der Waals surface area contributed by atoms with Crippen molar-refractivity contribution in [1.29, 1.82) is 0 Å². The third-order valence-electron chi connectivity index (χ3n) is 4.80. The van der Waals surface area contributed by atoms with Gasteiger partial charge >= 0.3 is 6.09 Å². The number of rotatable bonds is 5. The standard InChI is InChI=1S/C18H22ClN5O3/c19-12-6-5-11(9-21-17-15(16(20)25)22-10-23-17)13(8-12)14-4-2-1-3-7-24(14)18(26)27/h5-6,8,10,14,21H,1-4,7,9H2,(H2,20,25)(H,22,23)(H,26,27). The molecule has 27 heavy (non-hydrogen) atoms. The van der Waals surface area contributed by atoms with E-state index in [2.05, 4.69) is 15.3 Å². The van der Waals surface area contributed by atoms with E-state index in [4.69, 9.17) is 17.3 Å². The van der Waals surface area contributed by atoms with E-state index in [9.17, 15) is 14.7 Å². The number of likely N-dealkylation sites (tertiary alicyclic amines) is 1. The number of nitrogens with two attached hydrogens (primary N) is 1. The van der Waals surface area contributed by atoms with Crippen molar-refractivity contribution < 1.29 is 14.7 Å². The molecular formula is C18H22ClN5O3. The Morgan fingerprint density at radius 1 is 1.37 bits per heavy atom. The van der Waals surface area contributed by atoms with Gasteiger partial charge in [-0.3, -0.25) is 4.79 Å². The Morgan fingerprint density at radius 2 is 2.19 bits per heavy atom. The van der Waals surface area contributed by atoms with E-state index < -0.39 is 12.0 Å². The van der Waals surface area contributed by atoms with E-state index in [1.165, 1.54) is 11.2 Å². The Kier molecular flexibility index (Phi) is 5.85. The van der Waals surface area contributed by atoms with E-state index in [0.717, 1.165) is 36.8 Å². The zero-order valence-corrected chi connectivity index (χ0v) is 15.5. The van der Waals surface area contributed by atoms with Crippen LogP contribution in [0.5, 0.6) is 0 Å². The van der Waals surface area contributed by atoms with Gasteiger partial charge in [0, 0.05) is 18.1 Å². The normalized spacial score (nSPS) is 17.4. The predicted molar refractivity (Wildman–Crippen MR) is 102 cm³/mol. The lowest BCUT2D eigenvalue weighted by atomic mass is 9.95. The lowest BCUT2D eigenvalue weighted by molar-refractivity contribution is 0.0996. The molecule has 0 saturated carbocycles. The van der Waals surface area contributed by atoms with E-state index in [1.807, 2.05) is 12.1 Å². The molecule has 1 atom stereocenters. The first-order chi connectivity index (χ1) is 13.0. The van der Waals surface area contributed by atoms with Crippen LogP contribution in [0.2, 0.25) is 5.02 Å². The molecule has 1 saturated heterocycles. The molecule has 0 radical (unpaired) electrons. The quantitative estimate of drug-likeness (QED) is 0.622. The van der Waals surface area contributed by atoms with Gasteiger partial charge < -0.3 is 26.0 Å². The van der Waals surface area contributed by atoms with Crippen LogP contribution in [0.3, 0.4) is 0 Å². The lowest BCUT2D eigenvalue weighted by Crippen LogP contribution is -2.34. The molecule has 5 N–H and O–H groups in total. The summed E-state index contributed by atoms with van der Waals surface area (Å²) in [5, 5.41) is 13.3. The fraction of sp³-hybridized carbons (Fsp3) is 0.389. The molecule has 9 heteroatoms. The van der Waals surface area contributed by atoms with Gasteiger partial charge in [-0.25, -0.2) is 9.78 Å². The average Bonchev–Trinajstić information content (AvgIpc) is 2.96. The molecule has 1 aromatic carbocycles. The highest BCUT2D eigenvalue weighted by Gasteiger charge is 2.28. The summed E-state index contributed by atoms with van der Waals surface area (Å²) in [6, 6.07) is 5.20. The van der Waals surface area contributed by atoms with E-state index in [1.54, 1.807) is 6.07 Å². The van der Waals surface area contributed by atoms with Gasteiger partial charge in [0.15, 0.2) is 5.82 Å². The zero-order chi connectivity index (χ0) is 19.4. The number of anilines is 1. The number of carbonyl (C=O) groups excluding carboxylic acids is 1. The van der Waals surface area contributed by atoms with Crippen molar-refractivity contribution in [2.75, 3.05) is 11.9 Å². The van der Waals surface area contributed by atoms with Crippen molar-refractivity contribution in [3.63, 3.8) is 0 Å². The second-order valence-electron chi connectivity index (χ2n) is 6.53. The van der Waals surface area contributed by atoms with Crippen molar-refractivity contribution >= 4 is 29.4 Å². The first kappa shape index (κ1) is 19.0. The van der Waals surface area contributed by atoms with Crippen LogP contribution in [0.25, 0.3) is 0 Å². The molecule has 2 heterocycles. The van der Waals surface area contributed by atoms with Crippen molar-refractivity contribution in [2.45, 2.75) is 38.3 Å². The number of amides is 2. The van der Waals surface area contributed by atoms with Crippen LogP contribution in [0.4, 0.5) is 10.6 Å². The molecule has 8 nitrogen and oxygen atoms in total. The third kappa shape index (κ3) is 4.33. The fourth-order valence-electron chi connectivity index (χ4n) is 3.49. The number of carboxylic acid groups (broad SMARTS) is 1. The number of hydrogen-bond acceptors (Lipinski definition) is 4. The number of hydrogen-bond donors (Lipinski definition) is 4. The Hall–Kier alpha value is -2.74. The highest BCUT2D eigenvalue weighted by atomic mass is 35.5. The number of halogens is 1. The van der Waals surface area contributed by atoms with Gasteiger partial charge in [-0.1, -0.05) is 30.5 Å². The van der Waals surface area contributed by atoms with E-state index in [-0.39, 0.29) is 11.7 Å². The van der Waals surface area contributed by atoms with Crippen molar-refractivity contribution in [3.05, 3.63) is 46.4 Å². The number of aromatic amines is 1. The van der Waals surface area contributed by atoms with Gasteiger partial charge in [-0.15, -0.1) is 0 Å². The van der Waals surface area contributed by atoms with Gasteiger partial charge in [-0.05, 0) is 36.1 Å². The Bertz CT molecular complexity index is 838. The first-order valence-corrected chi connectivity index (χ1v) is 9.20. The Labute approximate surface area is 161 Å². The molecule has 1 fully saturated rings. The lowest BCUT2D eigenvalue weighted by Gasteiger charge is -2.29. The minimum absolute atomic E-state index is 0.201. The third-order valence-corrected chi connectivity index (χ3v) is 5.03. The summed E-state index contributed by atoms with van der Waals surface area (Å²) in [6.45, 7) is 0.867. The minimum Gasteiger partial charge on any atom is -0.465 e. The van der Waals surface area contributed by atoms with Gasteiger partial charge in [0.05, 0.1) is 12.4 Å². The average molecular weight is 392 g/mol. The SMILES string of the molecule is NC(=O)c1[nH]cnc1NCc1ccc(Cl)cc1C1CCCCCN1C(=O)O. The number of benzene rings is 1. The van der Waals surface area contributed by atoms with Crippen LogP contribution in [-0.2, 0) is 6.54 Å². The van der Waals surface area contributed by atoms with Crippen LogP contribution >= 0.6 is 11.6 Å². The Balaban J connectivity index is 1.89.